The molecular formula is C40H27ClN2O. The molecule has 0 aliphatic carbocycles. The first-order valence-corrected chi connectivity index (χ1v) is 15.0. The van der Waals surface area contributed by atoms with Gasteiger partial charge in [0.15, 0.2) is 0 Å². The third kappa shape index (κ3) is 4.38. The molecule has 0 saturated carbocycles. The number of benzene rings is 7. The molecule has 0 bridgehead atoms. The fourth-order valence-electron chi connectivity index (χ4n) is 6.13. The van der Waals surface area contributed by atoms with Gasteiger partial charge in [0.2, 0.25) is 0 Å². The normalized spacial score (nSPS) is 11.3. The van der Waals surface area contributed by atoms with Gasteiger partial charge >= 0.3 is 0 Å². The zero-order chi connectivity index (χ0) is 29.5. The van der Waals surface area contributed by atoms with Crippen LogP contribution in [0.25, 0.3) is 32.7 Å². The molecule has 44 heavy (non-hydrogen) atoms. The van der Waals surface area contributed by atoms with Crippen LogP contribution in [0.3, 0.4) is 0 Å². The molecule has 3 nitrogen and oxygen atoms in total. The van der Waals surface area contributed by atoms with Crippen LogP contribution in [0.2, 0.25) is 5.02 Å². The molecule has 8 rings (SSSR count). The third-order valence-corrected chi connectivity index (χ3v) is 8.46. The minimum atomic E-state index is 0.637. The Morgan fingerprint density at radius 1 is 0.432 bits per heavy atom. The molecule has 1 aromatic heterocycles. The first-order chi connectivity index (χ1) is 21.8. The van der Waals surface area contributed by atoms with Gasteiger partial charge in [0.05, 0.1) is 27.5 Å². The first-order valence-electron chi connectivity index (χ1n) is 14.6. The SMILES string of the molecule is Clc1c(N(c2ccccc2)c2ccccc2)cccc1N(c1ccccc1)c1cc2ccccc2c2oc3ccccc3c12. The van der Waals surface area contributed by atoms with E-state index in [1.165, 1.54) is 0 Å². The maximum atomic E-state index is 7.55. The molecule has 0 radical (unpaired) electrons. The second kappa shape index (κ2) is 11.0. The van der Waals surface area contributed by atoms with E-state index < -0.39 is 0 Å². The van der Waals surface area contributed by atoms with Crippen LogP contribution in [0.1, 0.15) is 0 Å². The smallest absolute Gasteiger partial charge is 0.145 e. The summed E-state index contributed by atoms with van der Waals surface area (Å²) in [5.41, 5.74) is 7.52. The number of para-hydroxylation sites is 4. The van der Waals surface area contributed by atoms with E-state index in [-0.39, 0.29) is 0 Å². The van der Waals surface area contributed by atoms with Crippen LogP contribution in [0, 0.1) is 0 Å². The van der Waals surface area contributed by atoms with Crippen molar-refractivity contribution in [1.82, 2.24) is 0 Å². The Kier molecular flexibility index (Phi) is 6.51. The Bertz CT molecular complexity index is 2210. The standard InChI is InChI=1S/C40H27ClN2O/c41-39-34(42(29-16-4-1-5-17-29)30-18-6-2-7-19-30)24-14-25-35(39)43(31-20-8-3-9-21-31)36-27-28-15-10-11-22-32(28)40-38(36)33-23-12-13-26-37(33)44-40/h1-27H. The molecule has 0 atom stereocenters. The van der Waals surface area contributed by atoms with E-state index in [0.717, 1.165) is 66.8 Å². The topological polar surface area (TPSA) is 19.6 Å². The van der Waals surface area contributed by atoms with Gasteiger partial charge in [0.1, 0.15) is 11.2 Å². The van der Waals surface area contributed by atoms with Crippen LogP contribution < -0.4 is 9.80 Å². The van der Waals surface area contributed by atoms with Gasteiger partial charge in [-0.25, -0.2) is 0 Å². The summed E-state index contributed by atoms with van der Waals surface area (Å²) in [5.74, 6) is 0. The van der Waals surface area contributed by atoms with Crippen molar-refractivity contribution in [3.05, 3.63) is 169 Å². The summed E-state index contributed by atoms with van der Waals surface area (Å²) in [4.78, 5) is 4.47. The highest BCUT2D eigenvalue weighted by Crippen LogP contribution is 2.50. The molecule has 8 aromatic rings. The van der Waals surface area contributed by atoms with Crippen LogP contribution in [-0.4, -0.2) is 0 Å². The number of nitrogens with zero attached hydrogens (tertiary/aromatic N) is 2. The lowest BCUT2D eigenvalue weighted by atomic mass is 10.0. The van der Waals surface area contributed by atoms with Crippen molar-refractivity contribution in [2.24, 2.45) is 0 Å². The molecule has 1 heterocycles. The lowest BCUT2D eigenvalue weighted by molar-refractivity contribution is 0.672. The van der Waals surface area contributed by atoms with Crippen molar-refractivity contribution in [2.75, 3.05) is 9.80 Å². The van der Waals surface area contributed by atoms with Crippen molar-refractivity contribution in [1.29, 1.82) is 0 Å². The maximum Gasteiger partial charge on any atom is 0.145 e. The molecule has 0 fully saturated rings. The molecule has 0 N–H and O–H groups in total. The van der Waals surface area contributed by atoms with E-state index in [1.54, 1.807) is 0 Å². The number of furan rings is 1. The lowest BCUT2D eigenvalue weighted by Crippen LogP contribution is -2.14. The van der Waals surface area contributed by atoms with Gasteiger partial charge < -0.3 is 14.2 Å². The van der Waals surface area contributed by atoms with Crippen molar-refractivity contribution >= 4 is 78.4 Å². The number of fused-ring (bicyclic) bond motifs is 5. The quantitative estimate of drug-likeness (QED) is 0.193. The van der Waals surface area contributed by atoms with E-state index in [4.69, 9.17) is 16.0 Å². The lowest BCUT2D eigenvalue weighted by Gasteiger charge is -2.31. The molecule has 0 aliphatic heterocycles. The second-order valence-electron chi connectivity index (χ2n) is 10.7. The van der Waals surface area contributed by atoms with Gasteiger partial charge in [-0.2, -0.15) is 0 Å². The monoisotopic (exact) mass is 586 g/mol. The Morgan fingerprint density at radius 3 is 1.57 bits per heavy atom. The predicted molar refractivity (Wildman–Crippen MR) is 186 cm³/mol. The highest BCUT2D eigenvalue weighted by Gasteiger charge is 2.25. The summed E-state index contributed by atoms with van der Waals surface area (Å²) in [6.45, 7) is 0. The molecule has 0 saturated heterocycles. The minimum absolute atomic E-state index is 0.637. The van der Waals surface area contributed by atoms with Crippen molar-refractivity contribution in [3.63, 3.8) is 0 Å². The third-order valence-electron chi connectivity index (χ3n) is 8.07. The number of anilines is 6. The Morgan fingerprint density at radius 2 is 0.932 bits per heavy atom. The summed E-state index contributed by atoms with van der Waals surface area (Å²) in [7, 11) is 0. The van der Waals surface area contributed by atoms with E-state index in [9.17, 15) is 0 Å². The van der Waals surface area contributed by atoms with Gasteiger partial charge in [-0.1, -0.05) is 115 Å². The van der Waals surface area contributed by atoms with Gasteiger partial charge in [-0.15, -0.1) is 0 Å². The first kappa shape index (κ1) is 26.1. The van der Waals surface area contributed by atoms with E-state index in [1.807, 2.05) is 30.3 Å². The maximum absolute atomic E-state index is 7.55. The predicted octanol–water partition coefficient (Wildman–Crippen LogP) is 12.3. The van der Waals surface area contributed by atoms with E-state index in [2.05, 4.69) is 143 Å². The molecule has 0 spiro atoms. The number of hydrogen-bond donors (Lipinski definition) is 0. The van der Waals surface area contributed by atoms with Crippen molar-refractivity contribution < 1.29 is 4.42 Å². The number of rotatable bonds is 6. The fraction of sp³-hybridized carbons (Fsp3) is 0. The summed E-state index contributed by atoms with van der Waals surface area (Å²) in [5, 5.41) is 4.92. The zero-order valence-electron chi connectivity index (χ0n) is 23.8. The Balaban J connectivity index is 1.43. The summed E-state index contributed by atoms with van der Waals surface area (Å²) in [6.07, 6.45) is 0. The zero-order valence-corrected chi connectivity index (χ0v) is 24.5. The molecule has 210 valence electrons. The average molecular weight is 587 g/mol. The Labute approximate surface area is 260 Å². The van der Waals surface area contributed by atoms with Gasteiger partial charge in [-0.05, 0) is 66.0 Å². The van der Waals surface area contributed by atoms with Crippen molar-refractivity contribution in [3.8, 4) is 0 Å². The van der Waals surface area contributed by atoms with Crippen LogP contribution in [0.4, 0.5) is 34.1 Å². The highest BCUT2D eigenvalue weighted by atomic mass is 35.5. The molecular weight excluding hydrogens is 560 g/mol. The molecule has 4 heteroatoms. The van der Waals surface area contributed by atoms with Crippen LogP contribution in [0.5, 0.6) is 0 Å². The van der Waals surface area contributed by atoms with Crippen LogP contribution in [-0.2, 0) is 0 Å². The van der Waals surface area contributed by atoms with Gasteiger partial charge in [0.25, 0.3) is 0 Å². The Hall–Kier alpha value is -5.51. The van der Waals surface area contributed by atoms with E-state index >= 15 is 0 Å². The largest absolute Gasteiger partial charge is 0.455 e. The summed E-state index contributed by atoms with van der Waals surface area (Å²) >= 11 is 7.55. The van der Waals surface area contributed by atoms with Crippen molar-refractivity contribution in [2.45, 2.75) is 0 Å². The molecule has 7 aromatic carbocycles. The van der Waals surface area contributed by atoms with Crippen LogP contribution >= 0.6 is 11.6 Å². The second-order valence-corrected chi connectivity index (χ2v) is 11.1. The highest BCUT2D eigenvalue weighted by molar-refractivity contribution is 6.37. The molecule has 0 unspecified atom stereocenters. The van der Waals surface area contributed by atoms with E-state index in [0.29, 0.717) is 5.02 Å². The molecule has 0 aliphatic rings. The van der Waals surface area contributed by atoms with Gasteiger partial charge in [0, 0.05) is 27.8 Å². The summed E-state index contributed by atoms with van der Waals surface area (Å²) < 4.78 is 6.57. The van der Waals surface area contributed by atoms with Gasteiger partial charge in [-0.3, -0.25) is 0 Å². The summed E-state index contributed by atoms with van der Waals surface area (Å²) in [6, 6.07) is 56.2. The fourth-order valence-corrected chi connectivity index (χ4v) is 6.43. The molecule has 0 amide bonds. The number of halogens is 1. The van der Waals surface area contributed by atoms with Crippen LogP contribution in [0.15, 0.2) is 168 Å². The average Bonchev–Trinajstić information content (AvgIpc) is 3.48. The minimum Gasteiger partial charge on any atom is -0.455 e. The number of hydrogen-bond acceptors (Lipinski definition) is 3.